The van der Waals surface area contributed by atoms with Crippen LogP contribution in [-0.2, 0) is 14.8 Å². The molecule has 1 aromatic rings. The maximum absolute atomic E-state index is 13.2. The highest BCUT2D eigenvalue weighted by molar-refractivity contribution is 7.89. The molecule has 8 heteroatoms. The van der Waals surface area contributed by atoms with Gasteiger partial charge in [-0.3, -0.25) is 4.79 Å². The number of halogens is 1. The zero-order valence-electron chi connectivity index (χ0n) is 17.0. The lowest BCUT2D eigenvalue weighted by Crippen LogP contribution is -2.50. The van der Waals surface area contributed by atoms with Crippen molar-refractivity contribution in [3.63, 3.8) is 0 Å². The van der Waals surface area contributed by atoms with Crippen LogP contribution in [0, 0.1) is 26.7 Å². The van der Waals surface area contributed by atoms with Crippen LogP contribution >= 0.6 is 12.4 Å². The maximum atomic E-state index is 13.2. The van der Waals surface area contributed by atoms with Gasteiger partial charge in [0.2, 0.25) is 15.9 Å². The van der Waals surface area contributed by atoms with Crippen LogP contribution in [0.5, 0.6) is 0 Å². The SMILES string of the molecule is Cc1cc(C)c(S(=O)(=O)N2CCC(C(=O)N3CCCC(N)C3)CC2)c(C)c1.Cl. The molecule has 158 valence electrons. The molecule has 0 saturated carbocycles. The van der Waals surface area contributed by atoms with Crippen molar-refractivity contribution in [2.45, 2.75) is 57.4 Å². The van der Waals surface area contributed by atoms with Crippen LogP contribution in [-0.4, -0.2) is 55.8 Å². The molecule has 0 aliphatic carbocycles. The van der Waals surface area contributed by atoms with E-state index in [0.717, 1.165) is 36.1 Å². The monoisotopic (exact) mass is 429 g/mol. The molecule has 2 N–H and O–H groups in total. The second-order valence-electron chi connectivity index (χ2n) is 8.09. The van der Waals surface area contributed by atoms with E-state index in [-0.39, 0.29) is 30.3 Å². The van der Waals surface area contributed by atoms with Crippen LogP contribution in [0.2, 0.25) is 0 Å². The summed E-state index contributed by atoms with van der Waals surface area (Å²) in [5.41, 5.74) is 8.63. The van der Waals surface area contributed by atoms with Gasteiger partial charge in [-0.2, -0.15) is 4.31 Å². The summed E-state index contributed by atoms with van der Waals surface area (Å²) in [5.74, 6) is 0.0480. The van der Waals surface area contributed by atoms with Crippen molar-refractivity contribution < 1.29 is 13.2 Å². The maximum Gasteiger partial charge on any atom is 0.243 e. The highest BCUT2D eigenvalue weighted by atomic mass is 35.5. The van der Waals surface area contributed by atoms with Crippen LogP contribution < -0.4 is 5.73 Å². The van der Waals surface area contributed by atoms with Gasteiger partial charge in [-0.1, -0.05) is 17.7 Å². The second-order valence-corrected chi connectivity index (χ2v) is 9.97. The molecular weight excluding hydrogens is 398 g/mol. The molecule has 1 atom stereocenters. The van der Waals surface area contributed by atoms with Gasteiger partial charge in [0, 0.05) is 38.1 Å². The number of nitrogens with zero attached hydrogens (tertiary/aromatic N) is 2. The summed E-state index contributed by atoms with van der Waals surface area (Å²) in [5, 5.41) is 0. The van der Waals surface area contributed by atoms with Gasteiger partial charge in [0.25, 0.3) is 0 Å². The van der Waals surface area contributed by atoms with E-state index in [1.165, 1.54) is 0 Å². The topological polar surface area (TPSA) is 83.7 Å². The number of sulfonamides is 1. The summed E-state index contributed by atoms with van der Waals surface area (Å²) in [6.07, 6.45) is 3.07. The third-order valence-corrected chi connectivity index (χ3v) is 7.98. The molecule has 2 aliphatic heterocycles. The van der Waals surface area contributed by atoms with Crippen molar-refractivity contribution in [1.29, 1.82) is 0 Å². The highest BCUT2D eigenvalue weighted by Gasteiger charge is 2.35. The molecule has 0 aromatic heterocycles. The molecule has 1 aromatic carbocycles. The van der Waals surface area contributed by atoms with E-state index in [1.807, 2.05) is 37.8 Å². The summed E-state index contributed by atoms with van der Waals surface area (Å²) in [7, 11) is -3.53. The van der Waals surface area contributed by atoms with Gasteiger partial charge in [-0.25, -0.2) is 8.42 Å². The summed E-state index contributed by atoms with van der Waals surface area (Å²) in [6, 6.07) is 3.89. The molecule has 0 bridgehead atoms. The van der Waals surface area contributed by atoms with E-state index in [2.05, 4.69) is 0 Å². The highest BCUT2D eigenvalue weighted by Crippen LogP contribution is 2.29. The molecule has 2 fully saturated rings. The summed E-state index contributed by atoms with van der Waals surface area (Å²) in [4.78, 5) is 15.1. The number of piperidine rings is 2. The first-order valence-electron chi connectivity index (χ1n) is 9.82. The zero-order chi connectivity index (χ0) is 19.8. The average Bonchev–Trinajstić information content (AvgIpc) is 2.60. The molecule has 0 spiro atoms. The first kappa shape index (κ1) is 23.1. The Morgan fingerprint density at radius 1 is 1.04 bits per heavy atom. The quantitative estimate of drug-likeness (QED) is 0.799. The number of carbonyl (C=O) groups is 1. The van der Waals surface area contributed by atoms with Crippen molar-refractivity contribution in [2.75, 3.05) is 26.2 Å². The van der Waals surface area contributed by atoms with E-state index in [4.69, 9.17) is 5.73 Å². The van der Waals surface area contributed by atoms with E-state index >= 15 is 0 Å². The molecular formula is C20H32ClN3O3S. The number of hydrogen-bond acceptors (Lipinski definition) is 4. The first-order valence-corrected chi connectivity index (χ1v) is 11.3. The molecule has 2 aliphatic rings. The number of likely N-dealkylation sites (tertiary alicyclic amines) is 1. The minimum atomic E-state index is -3.53. The van der Waals surface area contributed by atoms with Gasteiger partial charge >= 0.3 is 0 Å². The Bertz CT molecular complexity index is 797. The molecule has 6 nitrogen and oxygen atoms in total. The number of hydrogen-bond donors (Lipinski definition) is 1. The predicted molar refractivity (Wildman–Crippen MR) is 113 cm³/mol. The Kier molecular flexibility index (Phi) is 7.53. The fraction of sp³-hybridized carbons (Fsp3) is 0.650. The average molecular weight is 430 g/mol. The van der Waals surface area contributed by atoms with Crippen molar-refractivity contribution in [3.8, 4) is 0 Å². The van der Waals surface area contributed by atoms with E-state index < -0.39 is 10.0 Å². The van der Waals surface area contributed by atoms with Crippen molar-refractivity contribution in [2.24, 2.45) is 11.7 Å². The van der Waals surface area contributed by atoms with Crippen molar-refractivity contribution in [1.82, 2.24) is 9.21 Å². The number of aryl methyl sites for hydroxylation is 3. The Balaban J connectivity index is 0.00000280. The molecule has 0 radical (unpaired) electrons. The molecule has 1 unspecified atom stereocenters. The fourth-order valence-electron chi connectivity index (χ4n) is 4.51. The standard InChI is InChI=1S/C20H31N3O3S.ClH/c1-14-11-15(2)19(16(3)12-14)27(25,26)23-9-6-17(7-10-23)20(24)22-8-4-5-18(21)13-22;/h11-12,17-18H,4-10,13,21H2,1-3H3;1H. The van der Waals surface area contributed by atoms with Gasteiger partial charge in [-0.15, -0.1) is 12.4 Å². The fourth-order valence-corrected chi connectivity index (χ4v) is 6.40. The minimum absolute atomic E-state index is 0. The van der Waals surface area contributed by atoms with Crippen LogP contribution in [0.3, 0.4) is 0 Å². The normalized spacial score (nSPS) is 22.0. The minimum Gasteiger partial charge on any atom is -0.341 e. The third kappa shape index (κ3) is 4.70. The lowest BCUT2D eigenvalue weighted by molar-refractivity contribution is -0.137. The van der Waals surface area contributed by atoms with E-state index in [9.17, 15) is 13.2 Å². The number of benzene rings is 1. The Morgan fingerprint density at radius 2 is 1.61 bits per heavy atom. The third-order valence-electron chi connectivity index (χ3n) is 5.78. The number of carbonyl (C=O) groups excluding carboxylic acids is 1. The van der Waals surface area contributed by atoms with Gasteiger partial charge in [0.05, 0.1) is 4.90 Å². The van der Waals surface area contributed by atoms with Gasteiger partial charge in [-0.05, 0) is 57.6 Å². The van der Waals surface area contributed by atoms with Gasteiger partial charge in [0.1, 0.15) is 0 Å². The van der Waals surface area contributed by atoms with Gasteiger partial charge < -0.3 is 10.6 Å². The molecule has 1 amide bonds. The smallest absolute Gasteiger partial charge is 0.243 e. The van der Waals surface area contributed by atoms with Crippen LogP contribution in [0.25, 0.3) is 0 Å². The van der Waals surface area contributed by atoms with Crippen LogP contribution in [0.4, 0.5) is 0 Å². The second kappa shape index (κ2) is 9.11. The van der Waals surface area contributed by atoms with Crippen LogP contribution in [0.1, 0.15) is 42.4 Å². The van der Waals surface area contributed by atoms with E-state index in [1.54, 1.807) is 4.31 Å². The molecule has 2 heterocycles. The zero-order valence-corrected chi connectivity index (χ0v) is 18.6. The summed E-state index contributed by atoms with van der Waals surface area (Å²) >= 11 is 0. The van der Waals surface area contributed by atoms with E-state index in [0.29, 0.717) is 37.4 Å². The number of rotatable bonds is 3. The van der Waals surface area contributed by atoms with Crippen molar-refractivity contribution >= 4 is 28.3 Å². The number of nitrogens with two attached hydrogens (primary N) is 1. The Labute approximate surface area is 174 Å². The summed E-state index contributed by atoms with van der Waals surface area (Å²) < 4.78 is 27.9. The molecule has 28 heavy (non-hydrogen) atoms. The first-order chi connectivity index (χ1) is 12.7. The van der Waals surface area contributed by atoms with Gasteiger partial charge in [0.15, 0.2) is 0 Å². The Morgan fingerprint density at radius 3 is 2.14 bits per heavy atom. The lowest BCUT2D eigenvalue weighted by atomic mass is 9.95. The summed E-state index contributed by atoms with van der Waals surface area (Å²) in [6.45, 7) is 7.86. The van der Waals surface area contributed by atoms with Crippen molar-refractivity contribution in [3.05, 3.63) is 28.8 Å². The number of amides is 1. The lowest BCUT2D eigenvalue weighted by Gasteiger charge is -2.36. The largest absolute Gasteiger partial charge is 0.341 e. The predicted octanol–water partition coefficient (Wildman–Crippen LogP) is 2.38. The van der Waals surface area contributed by atoms with Crippen LogP contribution in [0.15, 0.2) is 17.0 Å². The Hall–Kier alpha value is -1.15. The molecule has 2 saturated heterocycles. The molecule has 3 rings (SSSR count).